The van der Waals surface area contributed by atoms with Crippen LogP contribution >= 0.6 is 24.8 Å². The molecule has 0 unspecified atom stereocenters. The van der Waals surface area contributed by atoms with Crippen LogP contribution in [0.3, 0.4) is 0 Å². The van der Waals surface area contributed by atoms with E-state index in [0.717, 1.165) is 37.3 Å². The minimum Gasteiger partial charge on any atom is -0.507 e. The smallest absolute Gasteiger partial charge is 0.123 e. The zero-order chi connectivity index (χ0) is 13.0. The van der Waals surface area contributed by atoms with E-state index in [0.29, 0.717) is 12.2 Å². The van der Waals surface area contributed by atoms with E-state index in [9.17, 15) is 5.11 Å². The number of hydrogen-bond acceptors (Lipinski definition) is 4. The normalized spacial score (nSPS) is 16.4. The Balaban J connectivity index is 0.00000180. The van der Waals surface area contributed by atoms with Crippen molar-refractivity contribution in [1.82, 2.24) is 10.2 Å². The number of nitriles is 1. The van der Waals surface area contributed by atoms with Gasteiger partial charge in [0.25, 0.3) is 0 Å². The molecule has 1 heterocycles. The van der Waals surface area contributed by atoms with Crippen LogP contribution in [0.25, 0.3) is 0 Å². The highest BCUT2D eigenvalue weighted by Gasteiger charge is 2.24. The van der Waals surface area contributed by atoms with E-state index in [1.807, 2.05) is 25.1 Å². The average Bonchev–Trinajstić information content (AvgIpc) is 2.41. The van der Waals surface area contributed by atoms with Crippen molar-refractivity contribution in [3.63, 3.8) is 0 Å². The van der Waals surface area contributed by atoms with E-state index in [1.165, 1.54) is 0 Å². The number of nitrogens with one attached hydrogen (secondary N) is 1. The van der Waals surface area contributed by atoms with Crippen molar-refractivity contribution < 1.29 is 5.11 Å². The molecule has 0 radical (unpaired) electrons. The molecule has 1 saturated heterocycles. The second-order valence-corrected chi connectivity index (χ2v) is 4.68. The zero-order valence-electron chi connectivity index (χ0n) is 11.5. The van der Waals surface area contributed by atoms with Gasteiger partial charge < -0.3 is 10.4 Å². The van der Waals surface area contributed by atoms with Crippen LogP contribution < -0.4 is 5.32 Å². The van der Waals surface area contributed by atoms with Gasteiger partial charge in [-0.1, -0.05) is 18.2 Å². The van der Waals surface area contributed by atoms with Gasteiger partial charge in [0.1, 0.15) is 5.75 Å². The van der Waals surface area contributed by atoms with Crippen molar-refractivity contribution in [3.05, 3.63) is 29.3 Å². The summed E-state index contributed by atoms with van der Waals surface area (Å²) in [6.45, 7) is 5.60. The van der Waals surface area contributed by atoms with Gasteiger partial charge in [-0.25, -0.2) is 0 Å². The summed E-state index contributed by atoms with van der Waals surface area (Å²) in [4.78, 5) is 2.27. The minimum atomic E-state index is -0.00278. The molecule has 1 aromatic carbocycles. The third kappa shape index (κ3) is 4.26. The van der Waals surface area contributed by atoms with Gasteiger partial charge in [-0.3, -0.25) is 4.90 Å². The number of hydrogen-bond donors (Lipinski definition) is 2. The fourth-order valence-corrected chi connectivity index (χ4v) is 2.47. The van der Waals surface area contributed by atoms with Crippen molar-refractivity contribution in [1.29, 1.82) is 5.26 Å². The summed E-state index contributed by atoms with van der Waals surface area (Å²) in [6.07, 6.45) is 0.414. The quantitative estimate of drug-likeness (QED) is 0.898. The predicted molar refractivity (Wildman–Crippen MR) is 84.8 cm³/mol. The molecular weight excluding hydrogens is 297 g/mol. The molecule has 4 nitrogen and oxygen atoms in total. The number of benzene rings is 1. The topological polar surface area (TPSA) is 59.3 Å². The molecular formula is C14H21Cl2N3O. The zero-order valence-corrected chi connectivity index (χ0v) is 13.1. The van der Waals surface area contributed by atoms with Gasteiger partial charge >= 0.3 is 0 Å². The number of aromatic hydroxyl groups is 1. The number of phenols is 1. The number of phenolic OH excluding ortho intramolecular Hbond substituents is 1. The Hall–Kier alpha value is -0.990. The first-order chi connectivity index (χ1) is 8.74. The largest absolute Gasteiger partial charge is 0.507 e. The van der Waals surface area contributed by atoms with Crippen molar-refractivity contribution in [2.75, 3.05) is 26.2 Å². The lowest BCUT2D eigenvalue weighted by molar-refractivity contribution is 0.173. The van der Waals surface area contributed by atoms with Crippen molar-refractivity contribution in [2.24, 2.45) is 0 Å². The lowest BCUT2D eigenvalue weighted by Crippen LogP contribution is -2.45. The van der Waals surface area contributed by atoms with Crippen LogP contribution in [-0.2, 0) is 0 Å². The summed E-state index contributed by atoms with van der Waals surface area (Å²) >= 11 is 0. The second-order valence-electron chi connectivity index (χ2n) is 4.68. The van der Waals surface area contributed by atoms with Gasteiger partial charge in [-0.15, -0.1) is 24.8 Å². The SMILES string of the molecule is Cc1cccc([C@H](CC#N)N2CCNCC2)c1O.Cl.Cl. The molecule has 1 fully saturated rings. The number of rotatable bonds is 3. The Bertz CT molecular complexity index is 456. The molecule has 0 saturated carbocycles. The van der Waals surface area contributed by atoms with Crippen LogP contribution in [0.15, 0.2) is 18.2 Å². The molecule has 112 valence electrons. The summed E-state index contributed by atoms with van der Waals surface area (Å²) in [5.74, 6) is 0.330. The Labute approximate surface area is 132 Å². The van der Waals surface area contributed by atoms with E-state index >= 15 is 0 Å². The van der Waals surface area contributed by atoms with Crippen LogP contribution in [-0.4, -0.2) is 36.2 Å². The van der Waals surface area contributed by atoms with E-state index in [4.69, 9.17) is 5.26 Å². The number of aryl methyl sites for hydroxylation is 1. The Morgan fingerprint density at radius 2 is 2.00 bits per heavy atom. The summed E-state index contributed by atoms with van der Waals surface area (Å²) < 4.78 is 0. The van der Waals surface area contributed by atoms with Crippen LogP contribution in [0.4, 0.5) is 0 Å². The van der Waals surface area contributed by atoms with Gasteiger partial charge in [-0.2, -0.15) is 5.26 Å². The van der Waals surface area contributed by atoms with Crippen LogP contribution in [0.2, 0.25) is 0 Å². The lowest BCUT2D eigenvalue weighted by Gasteiger charge is -2.34. The molecule has 0 amide bonds. The summed E-state index contributed by atoms with van der Waals surface area (Å²) in [6, 6.07) is 7.99. The van der Waals surface area contributed by atoms with Gasteiger partial charge in [-0.05, 0) is 12.5 Å². The van der Waals surface area contributed by atoms with Gasteiger partial charge in [0.15, 0.2) is 0 Å². The number of piperazine rings is 1. The molecule has 0 aromatic heterocycles. The molecule has 6 heteroatoms. The van der Waals surface area contributed by atoms with Crippen molar-refractivity contribution in [3.8, 4) is 11.8 Å². The minimum absolute atomic E-state index is 0. The Morgan fingerprint density at radius 3 is 2.60 bits per heavy atom. The molecule has 0 spiro atoms. The van der Waals surface area contributed by atoms with E-state index < -0.39 is 0 Å². The van der Waals surface area contributed by atoms with Crippen molar-refractivity contribution >= 4 is 24.8 Å². The first-order valence-electron chi connectivity index (χ1n) is 6.34. The Kier molecular flexibility index (Phi) is 8.59. The standard InChI is InChI=1S/C14H19N3O.2ClH/c1-11-3-2-4-12(14(11)18)13(5-6-15)17-9-7-16-8-10-17;;/h2-4,13,16,18H,5,7-10H2,1H3;2*1H/t13-;;/m0../s1. The maximum Gasteiger partial charge on any atom is 0.123 e. The summed E-state index contributed by atoms with van der Waals surface area (Å²) in [7, 11) is 0. The fraction of sp³-hybridized carbons (Fsp3) is 0.500. The van der Waals surface area contributed by atoms with E-state index in [1.54, 1.807) is 0 Å². The monoisotopic (exact) mass is 317 g/mol. The molecule has 0 aliphatic carbocycles. The third-order valence-corrected chi connectivity index (χ3v) is 3.50. The van der Waals surface area contributed by atoms with Crippen LogP contribution in [0, 0.1) is 18.3 Å². The molecule has 1 aliphatic rings. The molecule has 1 atom stereocenters. The number of nitrogens with zero attached hydrogens (tertiary/aromatic N) is 2. The first kappa shape index (κ1) is 19.0. The highest BCUT2D eigenvalue weighted by molar-refractivity contribution is 5.85. The van der Waals surface area contributed by atoms with E-state index in [2.05, 4.69) is 16.3 Å². The van der Waals surface area contributed by atoms with Crippen LogP contribution in [0.5, 0.6) is 5.75 Å². The lowest BCUT2D eigenvalue weighted by atomic mass is 9.98. The van der Waals surface area contributed by atoms with Crippen LogP contribution in [0.1, 0.15) is 23.6 Å². The summed E-state index contributed by atoms with van der Waals surface area (Å²) in [5, 5.41) is 22.5. The van der Waals surface area contributed by atoms with Gasteiger partial charge in [0.2, 0.25) is 0 Å². The van der Waals surface area contributed by atoms with Gasteiger partial charge in [0.05, 0.1) is 18.5 Å². The maximum atomic E-state index is 10.2. The molecule has 20 heavy (non-hydrogen) atoms. The third-order valence-electron chi connectivity index (χ3n) is 3.50. The molecule has 2 N–H and O–H groups in total. The number of halogens is 2. The highest BCUT2D eigenvalue weighted by Crippen LogP contribution is 2.33. The predicted octanol–water partition coefficient (Wildman–Crippen LogP) is 2.40. The van der Waals surface area contributed by atoms with E-state index in [-0.39, 0.29) is 30.9 Å². The van der Waals surface area contributed by atoms with Gasteiger partial charge in [0, 0.05) is 31.7 Å². The average molecular weight is 318 g/mol. The Morgan fingerprint density at radius 1 is 1.35 bits per heavy atom. The summed E-state index contributed by atoms with van der Waals surface area (Å²) in [5.41, 5.74) is 1.74. The second kappa shape index (κ2) is 9.04. The molecule has 1 aliphatic heterocycles. The molecule has 2 rings (SSSR count). The highest BCUT2D eigenvalue weighted by atomic mass is 35.5. The van der Waals surface area contributed by atoms with Crippen molar-refractivity contribution in [2.45, 2.75) is 19.4 Å². The fourth-order valence-electron chi connectivity index (χ4n) is 2.47. The first-order valence-corrected chi connectivity index (χ1v) is 6.34. The molecule has 0 bridgehead atoms. The maximum absolute atomic E-state index is 10.2. The molecule has 1 aromatic rings. The number of para-hydroxylation sites is 1.